The quantitative estimate of drug-likeness (QED) is 0.142. The molecule has 0 aliphatic carbocycles. The fourth-order valence-corrected chi connectivity index (χ4v) is 9.88. The summed E-state index contributed by atoms with van der Waals surface area (Å²) in [5.74, 6) is 3.13. The van der Waals surface area contributed by atoms with Crippen LogP contribution in [0.5, 0.6) is 11.5 Å². The molecule has 12 rings (SSSR count). The number of ether oxygens (including phenoxy) is 1. The van der Waals surface area contributed by atoms with Crippen molar-refractivity contribution in [2.24, 2.45) is 0 Å². The first-order valence-electron chi connectivity index (χ1n) is 23.3. The minimum atomic E-state index is -0.166. The summed E-state index contributed by atoms with van der Waals surface area (Å²) in [7, 11) is 2.06. The minimum Gasteiger partial charge on any atom is -0.509 e. The van der Waals surface area contributed by atoms with Gasteiger partial charge < -0.3 is 23.7 Å². The predicted octanol–water partition coefficient (Wildman–Crippen LogP) is 15.5. The summed E-state index contributed by atoms with van der Waals surface area (Å²) in [4.78, 5) is 14.5. The zero-order valence-corrected chi connectivity index (χ0v) is 41.6. The van der Waals surface area contributed by atoms with Gasteiger partial charge in [0.1, 0.15) is 11.6 Å². The first kappa shape index (κ1) is 44.1. The van der Waals surface area contributed by atoms with Crippen molar-refractivity contribution in [1.82, 2.24) is 19.1 Å². The van der Waals surface area contributed by atoms with Crippen LogP contribution in [0.3, 0.4) is 0 Å². The molecule has 69 heavy (non-hydrogen) atoms. The van der Waals surface area contributed by atoms with Gasteiger partial charge in [0.25, 0.3) is 0 Å². The molecule has 0 unspecified atom stereocenters. The maximum absolute atomic E-state index is 6.85. The molecule has 11 aromatic rings. The minimum absolute atomic E-state index is 0. The van der Waals surface area contributed by atoms with Crippen LogP contribution in [-0.4, -0.2) is 26.1 Å². The molecular weight excluding hydrogens is 1030 g/mol. The molecule has 7 nitrogen and oxygen atoms in total. The molecule has 0 spiro atoms. The van der Waals surface area contributed by atoms with Gasteiger partial charge in [-0.15, -0.1) is 41.3 Å². The second-order valence-electron chi connectivity index (χ2n) is 19.1. The molecule has 0 atom stereocenters. The van der Waals surface area contributed by atoms with Crippen LogP contribution in [0.4, 0.5) is 17.2 Å². The van der Waals surface area contributed by atoms with Crippen molar-refractivity contribution in [2.75, 3.05) is 16.8 Å². The Labute approximate surface area is 417 Å². The van der Waals surface area contributed by atoms with Crippen molar-refractivity contribution < 1.29 is 25.8 Å². The molecule has 0 saturated carbocycles. The van der Waals surface area contributed by atoms with Gasteiger partial charge in [0.15, 0.2) is 0 Å². The van der Waals surface area contributed by atoms with Crippen LogP contribution in [0.2, 0.25) is 0 Å². The maximum atomic E-state index is 6.85. The first-order chi connectivity index (χ1) is 33.1. The Morgan fingerprint density at radius 2 is 1.26 bits per heavy atom. The summed E-state index contributed by atoms with van der Waals surface area (Å²) >= 11 is 0. The molecule has 0 bridgehead atoms. The van der Waals surface area contributed by atoms with E-state index in [9.17, 15) is 0 Å². The van der Waals surface area contributed by atoms with Crippen LogP contribution >= 0.6 is 0 Å². The normalized spacial score (nSPS) is 12.7. The van der Waals surface area contributed by atoms with Crippen LogP contribution in [0, 0.1) is 18.8 Å². The second kappa shape index (κ2) is 17.2. The molecule has 0 saturated heterocycles. The van der Waals surface area contributed by atoms with Crippen molar-refractivity contribution in [3.05, 3.63) is 206 Å². The Bertz CT molecular complexity index is 3640. The molecular formula is C61H49N6OPt-3. The van der Waals surface area contributed by atoms with E-state index in [2.05, 4.69) is 243 Å². The van der Waals surface area contributed by atoms with E-state index >= 15 is 0 Å². The number of pyridine rings is 2. The second-order valence-corrected chi connectivity index (χ2v) is 19.1. The summed E-state index contributed by atoms with van der Waals surface area (Å²) in [6.45, 7) is 13.1. The SMILES string of the molecule is CC(C)c1ccc2c(n1)N(c1[c-]c(Oc3[c-]c4c(cc3)c3ccccc3n4-c3cc(-n4c5c(-c6ccccc6)cccc5c5cccc(-c6ccccc6)c54)ccn3)cc(C(C)(C)C)c1)[CH-]N2C.[Pt]. The van der Waals surface area contributed by atoms with Crippen LogP contribution in [0.15, 0.2) is 176 Å². The fourth-order valence-electron chi connectivity index (χ4n) is 9.88. The van der Waals surface area contributed by atoms with Gasteiger partial charge in [-0.2, -0.15) is 12.7 Å². The van der Waals surface area contributed by atoms with Crippen LogP contribution in [0.1, 0.15) is 51.8 Å². The van der Waals surface area contributed by atoms with Crippen LogP contribution in [0.25, 0.3) is 77.4 Å². The van der Waals surface area contributed by atoms with E-state index in [1.165, 1.54) is 10.8 Å². The number of rotatable bonds is 8. The third kappa shape index (κ3) is 7.57. The number of benzene rings is 7. The Balaban J connectivity index is 0.00000520. The van der Waals surface area contributed by atoms with Gasteiger partial charge >= 0.3 is 0 Å². The van der Waals surface area contributed by atoms with E-state index in [1.54, 1.807) is 0 Å². The van der Waals surface area contributed by atoms with Crippen LogP contribution in [-0.2, 0) is 26.5 Å². The van der Waals surface area contributed by atoms with Gasteiger partial charge in [-0.1, -0.05) is 161 Å². The molecule has 0 fully saturated rings. The Morgan fingerprint density at radius 1 is 0.609 bits per heavy atom. The van der Waals surface area contributed by atoms with Gasteiger partial charge in [-0.05, 0) is 59.2 Å². The molecule has 5 heterocycles. The number of hydrogen-bond acceptors (Lipinski definition) is 5. The van der Waals surface area contributed by atoms with E-state index in [0.29, 0.717) is 17.4 Å². The molecule has 8 heteroatoms. The van der Waals surface area contributed by atoms with Crippen molar-refractivity contribution in [1.29, 1.82) is 0 Å². The van der Waals surface area contributed by atoms with E-state index in [-0.39, 0.29) is 26.5 Å². The molecule has 7 aromatic carbocycles. The first-order valence-corrected chi connectivity index (χ1v) is 23.3. The average molecular weight is 1080 g/mol. The number of nitrogens with zero attached hydrogens (tertiary/aromatic N) is 6. The molecule has 0 radical (unpaired) electrons. The average Bonchev–Trinajstić information content (AvgIpc) is 4.01. The number of hydrogen-bond donors (Lipinski definition) is 0. The molecule has 1 aliphatic heterocycles. The summed E-state index contributed by atoms with van der Waals surface area (Å²) in [5.41, 5.74) is 13.7. The number of aromatic nitrogens is 4. The van der Waals surface area contributed by atoms with E-state index in [1.807, 2.05) is 12.3 Å². The van der Waals surface area contributed by atoms with Gasteiger partial charge in [0, 0.05) is 83.6 Å². The zero-order valence-electron chi connectivity index (χ0n) is 39.3. The third-order valence-electron chi connectivity index (χ3n) is 13.3. The summed E-state index contributed by atoms with van der Waals surface area (Å²) < 4.78 is 11.5. The molecule has 342 valence electrons. The number of para-hydroxylation sites is 3. The van der Waals surface area contributed by atoms with Gasteiger partial charge in [-0.25, -0.2) is 9.97 Å². The van der Waals surface area contributed by atoms with E-state index in [0.717, 1.165) is 95.0 Å². The zero-order chi connectivity index (χ0) is 46.3. The third-order valence-corrected chi connectivity index (χ3v) is 13.3. The molecule has 0 N–H and O–H groups in total. The standard InChI is InChI=1S/C61H49N6O.Pt/c1-39(2)53-29-30-55-60(63-53)65(38-64(55)6)44-33-42(61(3,4)5)34-46(35-44)68-45-27-28-50-49-21-13-14-26-54(49)67(56(50)37-45)57-36-43(31-32-62-57)66-58-47(40-17-9-7-10-18-40)22-15-24-51(58)52-25-16-23-48(59(52)66)41-19-11-8-12-20-41;/h7-34,36,38-39H,1-6H3;/q-3;. The molecule has 4 aromatic heterocycles. The Morgan fingerprint density at radius 3 is 1.93 bits per heavy atom. The van der Waals surface area contributed by atoms with Gasteiger partial charge in [-0.3, -0.25) is 0 Å². The Hall–Kier alpha value is -7.47. The monoisotopic (exact) mass is 1080 g/mol. The summed E-state index contributed by atoms with van der Waals surface area (Å²) in [6, 6.07) is 67.6. The topological polar surface area (TPSA) is 51.4 Å². The van der Waals surface area contributed by atoms with Crippen molar-refractivity contribution in [3.8, 4) is 45.3 Å². The maximum Gasteiger partial charge on any atom is 0.137 e. The van der Waals surface area contributed by atoms with Crippen molar-refractivity contribution in [2.45, 2.75) is 46.0 Å². The predicted molar refractivity (Wildman–Crippen MR) is 280 cm³/mol. The Kier molecular flexibility index (Phi) is 11.0. The summed E-state index contributed by atoms with van der Waals surface area (Å²) in [6.07, 6.45) is 1.93. The van der Waals surface area contributed by atoms with Crippen molar-refractivity contribution >= 4 is 60.8 Å². The van der Waals surface area contributed by atoms with Crippen molar-refractivity contribution in [3.63, 3.8) is 0 Å². The molecule has 1 aliphatic rings. The van der Waals surface area contributed by atoms with Crippen LogP contribution < -0.4 is 14.5 Å². The molecule has 0 amide bonds. The summed E-state index contributed by atoms with van der Waals surface area (Å²) in [5, 5.41) is 4.54. The number of fused-ring (bicyclic) bond motifs is 7. The fraction of sp³-hybridized carbons (Fsp3) is 0.131. The smallest absolute Gasteiger partial charge is 0.137 e. The van der Waals surface area contributed by atoms with E-state index in [4.69, 9.17) is 14.7 Å². The number of anilines is 3. The van der Waals surface area contributed by atoms with Gasteiger partial charge in [0.2, 0.25) is 0 Å². The van der Waals surface area contributed by atoms with E-state index < -0.39 is 0 Å². The van der Waals surface area contributed by atoms with Gasteiger partial charge in [0.05, 0.1) is 16.7 Å². The largest absolute Gasteiger partial charge is 0.509 e.